The molecule has 0 spiro atoms. The summed E-state index contributed by atoms with van der Waals surface area (Å²) in [5.41, 5.74) is 2.23. The van der Waals surface area contributed by atoms with E-state index in [0.717, 1.165) is 24.1 Å². The molecule has 94 valence electrons. The maximum absolute atomic E-state index is 14.0. The summed E-state index contributed by atoms with van der Waals surface area (Å²) < 4.78 is 14.0. The standard InChI is InChI=1S/C15H22FN/c1-4-9-17-14(15(3)7-8-15)12-10-11(2)5-6-13(12)16/h5-6,10,14,17H,4,7-9H2,1-3H3. The maximum Gasteiger partial charge on any atom is 0.128 e. The molecule has 2 rings (SSSR count). The first-order chi connectivity index (χ1) is 8.07. The van der Waals surface area contributed by atoms with E-state index >= 15 is 0 Å². The summed E-state index contributed by atoms with van der Waals surface area (Å²) >= 11 is 0. The van der Waals surface area contributed by atoms with Crippen molar-refractivity contribution in [3.63, 3.8) is 0 Å². The Bertz CT molecular complexity index is 396. The van der Waals surface area contributed by atoms with Crippen molar-refractivity contribution < 1.29 is 4.39 Å². The van der Waals surface area contributed by atoms with Crippen molar-refractivity contribution in [1.29, 1.82) is 0 Å². The molecule has 1 nitrogen and oxygen atoms in total. The fourth-order valence-corrected chi connectivity index (χ4v) is 2.39. The second-order valence-corrected chi connectivity index (χ2v) is 5.57. The monoisotopic (exact) mass is 235 g/mol. The van der Waals surface area contributed by atoms with Gasteiger partial charge < -0.3 is 5.32 Å². The first-order valence-electron chi connectivity index (χ1n) is 6.56. The Labute approximate surface area is 103 Å². The lowest BCUT2D eigenvalue weighted by molar-refractivity contribution is 0.355. The molecule has 1 aliphatic carbocycles. The molecule has 2 heteroatoms. The molecule has 0 aliphatic heterocycles. The van der Waals surface area contributed by atoms with Crippen LogP contribution in [0, 0.1) is 18.2 Å². The third kappa shape index (κ3) is 2.68. The summed E-state index contributed by atoms with van der Waals surface area (Å²) in [4.78, 5) is 0. The van der Waals surface area contributed by atoms with Gasteiger partial charge in [0.2, 0.25) is 0 Å². The van der Waals surface area contributed by atoms with Crippen LogP contribution in [0.2, 0.25) is 0 Å². The van der Waals surface area contributed by atoms with Gasteiger partial charge in [0.15, 0.2) is 0 Å². The van der Waals surface area contributed by atoms with Crippen molar-refractivity contribution in [2.24, 2.45) is 5.41 Å². The van der Waals surface area contributed by atoms with Crippen LogP contribution in [-0.2, 0) is 0 Å². The van der Waals surface area contributed by atoms with E-state index in [1.54, 1.807) is 6.07 Å². The van der Waals surface area contributed by atoms with Crippen molar-refractivity contribution in [3.8, 4) is 0 Å². The fraction of sp³-hybridized carbons (Fsp3) is 0.600. The largest absolute Gasteiger partial charge is 0.309 e. The number of rotatable bonds is 5. The number of halogens is 1. The molecule has 0 amide bonds. The minimum absolute atomic E-state index is 0.0719. The molecule has 1 atom stereocenters. The Kier molecular flexibility index (Phi) is 3.53. The van der Waals surface area contributed by atoms with Crippen molar-refractivity contribution >= 4 is 0 Å². The molecule has 0 aromatic heterocycles. The molecule has 1 fully saturated rings. The van der Waals surface area contributed by atoms with Crippen LogP contribution in [0.25, 0.3) is 0 Å². The highest BCUT2D eigenvalue weighted by Crippen LogP contribution is 2.54. The lowest BCUT2D eigenvalue weighted by Gasteiger charge is -2.26. The molecule has 0 radical (unpaired) electrons. The zero-order valence-electron chi connectivity index (χ0n) is 11.0. The van der Waals surface area contributed by atoms with Gasteiger partial charge in [0.1, 0.15) is 5.82 Å². The summed E-state index contributed by atoms with van der Waals surface area (Å²) in [7, 11) is 0. The highest BCUT2D eigenvalue weighted by molar-refractivity contribution is 5.29. The maximum atomic E-state index is 14.0. The van der Waals surface area contributed by atoms with E-state index in [1.165, 1.54) is 12.8 Å². The second-order valence-electron chi connectivity index (χ2n) is 5.57. The Hall–Kier alpha value is -0.890. The molecule has 1 aromatic carbocycles. The van der Waals surface area contributed by atoms with Crippen molar-refractivity contribution in [2.45, 2.75) is 46.1 Å². The van der Waals surface area contributed by atoms with Gasteiger partial charge in [-0.25, -0.2) is 4.39 Å². The molecule has 0 saturated heterocycles. The molecular formula is C15H22FN. The van der Waals surface area contributed by atoms with Crippen molar-refractivity contribution in [3.05, 3.63) is 35.1 Å². The van der Waals surface area contributed by atoms with E-state index in [1.807, 2.05) is 19.1 Å². The number of hydrogen-bond donors (Lipinski definition) is 1. The first-order valence-corrected chi connectivity index (χ1v) is 6.56. The molecule has 1 unspecified atom stereocenters. The zero-order chi connectivity index (χ0) is 12.5. The molecule has 1 aromatic rings. The quantitative estimate of drug-likeness (QED) is 0.814. The van der Waals surface area contributed by atoms with Gasteiger partial charge in [-0.2, -0.15) is 0 Å². The normalized spacial score (nSPS) is 19.1. The second kappa shape index (κ2) is 4.77. The molecule has 1 N–H and O–H groups in total. The van der Waals surface area contributed by atoms with Crippen LogP contribution in [0.1, 0.15) is 50.3 Å². The van der Waals surface area contributed by atoms with E-state index in [2.05, 4.69) is 19.2 Å². The molecule has 0 heterocycles. The average molecular weight is 235 g/mol. The summed E-state index contributed by atoms with van der Waals surface area (Å²) in [6.45, 7) is 7.37. The highest BCUT2D eigenvalue weighted by atomic mass is 19.1. The lowest BCUT2D eigenvalue weighted by Crippen LogP contribution is -2.29. The predicted molar refractivity (Wildman–Crippen MR) is 69.5 cm³/mol. The van der Waals surface area contributed by atoms with E-state index in [9.17, 15) is 4.39 Å². The van der Waals surface area contributed by atoms with Gasteiger partial charge in [0, 0.05) is 11.6 Å². The van der Waals surface area contributed by atoms with Crippen LogP contribution in [0.4, 0.5) is 4.39 Å². The van der Waals surface area contributed by atoms with E-state index in [-0.39, 0.29) is 17.3 Å². The Balaban J connectivity index is 2.28. The molecule has 17 heavy (non-hydrogen) atoms. The van der Waals surface area contributed by atoms with Gasteiger partial charge in [-0.1, -0.05) is 31.5 Å². The topological polar surface area (TPSA) is 12.0 Å². The number of hydrogen-bond acceptors (Lipinski definition) is 1. The number of nitrogens with one attached hydrogen (secondary N) is 1. The van der Waals surface area contributed by atoms with Gasteiger partial charge in [0.05, 0.1) is 0 Å². The average Bonchev–Trinajstić information content (AvgIpc) is 3.03. The smallest absolute Gasteiger partial charge is 0.128 e. The fourth-order valence-electron chi connectivity index (χ4n) is 2.39. The summed E-state index contributed by atoms with van der Waals surface area (Å²) in [5, 5.41) is 3.52. The first kappa shape index (κ1) is 12.6. The van der Waals surface area contributed by atoms with Gasteiger partial charge in [-0.05, 0) is 44.2 Å². The summed E-state index contributed by atoms with van der Waals surface area (Å²) in [6.07, 6.45) is 3.48. The van der Waals surface area contributed by atoms with Gasteiger partial charge in [-0.15, -0.1) is 0 Å². The summed E-state index contributed by atoms with van der Waals surface area (Å²) in [5.74, 6) is -0.0719. The summed E-state index contributed by atoms with van der Waals surface area (Å²) in [6, 6.07) is 5.59. The van der Waals surface area contributed by atoms with Crippen LogP contribution >= 0.6 is 0 Å². The molecular weight excluding hydrogens is 213 g/mol. The van der Waals surface area contributed by atoms with Crippen molar-refractivity contribution in [1.82, 2.24) is 5.32 Å². The minimum atomic E-state index is -0.0719. The third-order valence-electron chi connectivity index (χ3n) is 3.80. The lowest BCUT2D eigenvalue weighted by atomic mass is 9.90. The number of aryl methyl sites for hydroxylation is 1. The van der Waals surface area contributed by atoms with E-state index in [4.69, 9.17) is 0 Å². The van der Waals surface area contributed by atoms with Crippen LogP contribution in [-0.4, -0.2) is 6.54 Å². The van der Waals surface area contributed by atoms with Crippen LogP contribution in [0.5, 0.6) is 0 Å². The molecule has 0 bridgehead atoms. The molecule has 1 aliphatic rings. The Morgan fingerprint density at radius 1 is 1.41 bits per heavy atom. The Morgan fingerprint density at radius 2 is 2.12 bits per heavy atom. The molecule has 1 saturated carbocycles. The zero-order valence-corrected chi connectivity index (χ0v) is 11.0. The van der Waals surface area contributed by atoms with Crippen molar-refractivity contribution in [2.75, 3.05) is 6.54 Å². The minimum Gasteiger partial charge on any atom is -0.309 e. The van der Waals surface area contributed by atoms with Gasteiger partial charge in [0.25, 0.3) is 0 Å². The van der Waals surface area contributed by atoms with Gasteiger partial charge in [-0.3, -0.25) is 0 Å². The third-order valence-corrected chi connectivity index (χ3v) is 3.80. The van der Waals surface area contributed by atoms with Crippen LogP contribution < -0.4 is 5.32 Å². The predicted octanol–water partition coefficient (Wildman–Crippen LogP) is 3.97. The SMILES string of the molecule is CCCNC(c1cc(C)ccc1F)C1(C)CC1. The number of benzene rings is 1. The van der Waals surface area contributed by atoms with Gasteiger partial charge >= 0.3 is 0 Å². The Morgan fingerprint density at radius 3 is 2.71 bits per heavy atom. The highest BCUT2D eigenvalue weighted by Gasteiger charge is 2.45. The van der Waals surface area contributed by atoms with Crippen LogP contribution in [0.3, 0.4) is 0 Å². The van der Waals surface area contributed by atoms with Crippen LogP contribution in [0.15, 0.2) is 18.2 Å². The van der Waals surface area contributed by atoms with E-state index in [0.29, 0.717) is 0 Å². The van der Waals surface area contributed by atoms with E-state index < -0.39 is 0 Å².